The van der Waals surface area contributed by atoms with Crippen molar-refractivity contribution >= 4 is 34.8 Å². The largest absolute Gasteiger partial charge is 0.496 e. The van der Waals surface area contributed by atoms with Crippen LogP contribution in [0.5, 0.6) is 5.75 Å². The second kappa shape index (κ2) is 6.17. The number of benzene rings is 2. The molecule has 0 aliphatic rings. The van der Waals surface area contributed by atoms with Gasteiger partial charge >= 0.3 is 0 Å². The third-order valence-corrected chi connectivity index (χ3v) is 3.97. The molecule has 0 saturated heterocycles. The molecule has 0 bridgehead atoms. The number of hydrogen-bond acceptors (Lipinski definition) is 1. The maximum Gasteiger partial charge on any atom is 0.263 e. The molecule has 0 N–H and O–H groups in total. The van der Waals surface area contributed by atoms with Crippen LogP contribution in [0.15, 0.2) is 30.3 Å². The molecule has 20 heavy (non-hydrogen) atoms. The molecule has 6 heteroatoms. The fourth-order valence-electron chi connectivity index (χ4n) is 1.79. The Bertz CT molecular complexity index is 621. The van der Waals surface area contributed by atoms with Gasteiger partial charge in [-0.05, 0) is 23.8 Å². The zero-order valence-corrected chi connectivity index (χ0v) is 12.5. The highest BCUT2D eigenvalue weighted by Crippen LogP contribution is 2.39. The van der Waals surface area contributed by atoms with Crippen LogP contribution in [0, 0.1) is 0 Å². The Morgan fingerprint density at radius 2 is 1.60 bits per heavy atom. The maximum atomic E-state index is 12.7. The van der Waals surface area contributed by atoms with Crippen molar-refractivity contribution in [2.45, 2.75) is 6.43 Å². The lowest BCUT2D eigenvalue weighted by Crippen LogP contribution is -1.92. The first-order chi connectivity index (χ1) is 9.43. The van der Waals surface area contributed by atoms with Crippen molar-refractivity contribution in [3.8, 4) is 16.9 Å². The summed E-state index contributed by atoms with van der Waals surface area (Å²) in [6.45, 7) is 0. The van der Waals surface area contributed by atoms with Crippen molar-refractivity contribution in [2.75, 3.05) is 7.11 Å². The molecular weight excluding hydrogens is 329 g/mol. The van der Waals surface area contributed by atoms with Crippen molar-refractivity contribution in [3.63, 3.8) is 0 Å². The lowest BCUT2D eigenvalue weighted by Gasteiger charge is -2.12. The SMILES string of the molecule is COc1cc(C(F)F)ccc1-c1cc(Cl)c(Cl)c(Cl)c1. The molecule has 0 spiro atoms. The summed E-state index contributed by atoms with van der Waals surface area (Å²) < 4.78 is 30.5. The van der Waals surface area contributed by atoms with Gasteiger partial charge in [0.25, 0.3) is 6.43 Å². The summed E-state index contributed by atoms with van der Waals surface area (Å²) >= 11 is 17.8. The van der Waals surface area contributed by atoms with Gasteiger partial charge in [-0.1, -0.05) is 46.9 Å². The first kappa shape index (κ1) is 15.4. The fourth-order valence-corrected chi connectivity index (χ4v) is 2.39. The van der Waals surface area contributed by atoms with Gasteiger partial charge in [-0.3, -0.25) is 0 Å². The minimum atomic E-state index is -2.56. The Labute approximate surface area is 130 Å². The van der Waals surface area contributed by atoms with E-state index in [1.807, 2.05) is 0 Å². The number of alkyl halides is 2. The Morgan fingerprint density at radius 3 is 2.10 bits per heavy atom. The summed E-state index contributed by atoms with van der Waals surface area (Å²) in [7, 11) is 1.41. The predicted octanol–water partition coefficient (Wildman–Crippen LogP) is 6.26. The van der Waals surface area contributed by atoms with Gasteiger partial charge in [0.15, 0.2) is 0 Å². The van der Waals surface area contributed by atoms with E-state index in [0.717, 1.165) is 0 Å². The Hall–Kier alpha value is -1.03. The lowest BCUT2D eigenvalue weighted by molar-refractivity contribution is 0.151. The van der Waals surface area contributed by atoms with Crippen LogP contribution < -0.4 is 4.74 Å². The van der Waals surface area contributed by atoms with E-state index in [4.69, 9.17) is 39.5 Å². The average molecular weight is 338 g/mol. The van der Waals surface area contributed by atoms with Gasteiger partial charge in [0.2, 0.25) is 0 Å². The van der Waals surface area contributed by atoms with E-state index in [0.29, 0.717) is 16.9 Å². The summed E-state index contributed by atoms with van der Waals surface area (Å²) in [6, 6.07) is 7.37. The van der Waals surface area contributed by atoms with Crippen molar-refractivity contribution in [1.29, 1.82) is 0 Å². The molecule has 0 aromatic heterocycles. The third-order valence-electron chi connectivity index (χ3n) is 2.77. The molecule has 0 aliphatic heterocycles. The molecule has 0 atom stereocenters. The molecule has 106 valence electrons. The van der Waals surface area contributed by atoms with Crippen molar-refractivity contribution in [1.82, 2.24) is 0 Å². The minimum absolute atomic E-state index is 0.114. The van der Waals surface area contributed by atoms with Crippen LogP contribution in [0.3, 0.4) is 0 Å². The summed E-state index contributed by atoms with van der Waals surface area (Å²) in [6.07, 6.45) is -2.56. The fraction of sp³-hybridized carbons (Fsp3) is 0.143. The van der Waals surface area contributed by atoms with E-state index < -0.39 is 6.43 Å². The second-order valence-corrected chi connectivity index (χ2v) is 5.21. The molecule has 2 aromatic carbocycles. The molecule has 0 radical (unpaired) electrons. The topological polar surface area (TPSA) is 9.23 Å². The van der Waals surface area contributed by atoms with Crippen molar-refractivity contribution < 1.29 is 13.5 Å². The van der Waals surface area contributed by atoms with E-state index >= 15 is 0 Å². The van der Waals surface area contributed by atoms with Gasteiger partial charge in [-0.15, -0.1) is 0 Å². The Kier molecular flexibility index (Phi) is 4.74. The molecule has 1 nitrogen and oxygen atoms in total. The number of hydrogen-bond donors (Lipinski definition) is 0. The zero-order valence-electron chi connectivity index (χ0n) is 10.3. The number of rotatable bonds is 3. The minimum Gasteiger partial charge on any atom is -0.496 e. The molecular formula is C14H9Cl3F2O. The van der Waals surface area contributed by atoms with Crippen LogP contribution >= 0.6 is 34.8 Å². The van der Waals surface area contributed by atoms with Gasteiger partial charge in [-0.2, -0.15) is 0 Å². The molecule has 2 aromatic rings. The molecule has 0 aliphatic carbocycles. The van der Waals surface area contributed by atoms with E-state index in [1.165, 1.54) is 25.3 Å². The normalized spacial score (nSPS) is 10.9. The number of ether oxygens (including phenoxy) is 1. The monoisotopic (exact) mass is 336 g/mol. The van der Waals surface area contributed by atoms with Crippen LogP contribution in [0.4, 0.5) is 8.78 Å². The summed E-state index contributed by atoms with van der Waals surface area (Å²) in [5.41, 5.74) is 1.14. The molecule has 2 rings (SSSR count). The van der Waals surface area contributed by atoms with Crippen LogP contribution in [0.25, 0.3) is 11.1 Å². The summed E-state index contributed by atoms with van der Waals surface area (Å²) in [5, 5.41) is 0.823. The van der Waals surface area contributed by atoms with Gasteiger partial charge < -0.3 is 4.74 Å². The highest BCUT2D eigenvalue weighted by molar-refractivity contribution is 6.48. The number of halogens is 5. The van der Waals surface area contributed by atoms with Gasteiger partial charge in [0, 0.05) is 11.1 Å². The van der Waals surface area contributed by atoms with E-state index in [-0.39, 0.29) is 20.6 Å². The molecule has 0 fully saturated rings. The van der Waals surface area contributed by atoms with Crippen molar-refractivity contribution in [2.24, 2.45) is 0 Å². The van der Waals surface area contributed by atoms with Crippen molar-refractivity contribution in [3.05, 3.63) is 51.0 Å². The smallest absolute Gasteiger partial charge is 0.263 e. The average Bonchev–Trinajstić information content (AvgIpc) is 2.43. The Morgan fingerprint density at radius 1 is 1.00 bits per heavy atom. The highest BCUT2D eigenvalue weighted by Gasteiger charge is 2.14. The van der Waals surface area contributed by atoms with E-state index in [9.17, 15) is 8.78 Å². The quantitative estimate of drug-likeness (QED) is 0.601. The highest BCUT2D eigenvalue weighted by atomic mass is 35.5. The maximum absolute atomic E-state index is 12.7. The van der Waals surface area contributed by atoms with E-state index in [2.05, 4.69) is 0 Å². The predicted molar refractivity (Wildman–Crippen MR) is 78.4 cm³/mol. The van der Waals surface area contributed by atoms with Gasteiger partial charge in [-0.25, -0.2) is 8.78 Å². The molecule has 0 saturated carbocycles. The molecule has 0 amide bonds. The van der Waals surface area contributed by atoms with Crippen LogP contribution in [-0.4, -0.2) is 7.11 Å². The first-order valence-corrected chi connectivity index (χ1v) is 6.68. The van der Waals surface area contributed by atoms with Crippen LogP contribution in [0.1, 0.15) is 12.0 Å². The molecule has 0 unspecified atom stereocenters. The number of methoxy groups -OCH3 is 1. The van der Waals surface area contributed by atoms with Crippen LogP contribution in [0.2, 0.25) is 15.1 Å². The lowest BCUT2D eigenvalue weighted by atomic mass is 10.0. The Balaban J connectivity index is 2.58. The van der Waals surface area contributed by atoms with Gasteiger partial charge in [0.1, 0.15) is 5.75 Å². The second-order valence-electron chi connectivity index (χ2n) is 4.01. The first-order valence-electron chi connectivity index (χ1n) is 5.55. The summed E-state index contributed by atoms with van der Waals surface area (Å²) in [4.78, 5) is 0. The summed E-state index contributed by atoms with van der Waals surface area (Å²) in [5.74, 6) is 0.317. The third kappa shape index (κ3) is 3.00. The zero-order chi connectivity index (χ0) is 14.9. The molecule has 0 heterocycles. The van der Waals surface area contributed by atoms with E-state index in [1.54, 1.807) is 12.1 Å². The van der Waals surface area contributed by atoms with Crippen LogP contribution in [-0.2, 0) is 0 Å². The van der Waals surface area contributed by atoms with Gasteiger partial charge in [0.05, 0.1) is 22.2 Å². The standard InChI is InChI=1S/C14H9Cl3F2O/c1-20-12-6-7(14(18)19)2-3-9(12)8-4-10(15)13(17)11(16)5-8/h2-6,14H,1H3.